The quantitative estimate of drug-likeness (QED) is 0.795. The molecule has 2 atom stereocenters. The lowest BCUT2D eigenvalue weighted by Crippen LogP contribution is -2.38. The van der Waals surface area contributed by atoms with E-state index in [0.717, 1.165) is 17.9 Å². The Morgan fingerprint density at radius 1 is 1.39 bits per heavy atom. The van der Waals surface area contributed by atoms with Crippen molar-refractivity contribution < 1.29 is 19.0 Å². The van der Waals surface area contributed by atoms with Crippen molar-refractivity contribution in [2.45, 2.75) is 58.0 Å². The topological polar surface area (TPSA) is 56.8 Å². The van der Waals surface area contributed by atoms with E-state index in [1.807, 2.05) is 45.0 Å². The first-order valence-corrected chi connectivity index (χ1v) is 8.17. The van der Waals surface area contributed by atoms with E-state index in [4.69, 9.17) is 14.2 Å². The number of Topliss-reactive ketones (excluding diaryl/α,β-unsaturated/α-hetero) is 1. The number of hydrogen-bond acceptors (Lipinski definition) is 5. The highest BCUT2D eigenvalue weighted by Crippen LogP contribution is 2.27. The third-order valence-corrected chi connectivity index (χ3v) is 3.90. The third kappa shape index (κ3) is 5.22. The molecule has 0 aromatic heterocycles. The molecule has 1 N–H and O–H groups in total. The fourth-order valence-electron chi connectivity index (χ4n) is 2.72. The van der Waals surface area contributed by atoms with Crippen molar-refractivity contribution in [3.63, 3.8) is 0 Å². The van der Waals surface area contributed by atoms with Crippen LogP contribution in [0.15, 0.2) is 24.3 Å². The molecule has 1 aromatic rings. The SMILES string of the molecule is CCCC(=O)C[C@H](Nc1ccc(OC)cc1)[C@H]1COC(C)(C)O1. The monoisotopic (exact) mass is 321 g/mol. The van der Waals surface area contributed by atoms with Gasteiger partial charge >= 0.3 is 0 Å². The molecular formula is C18H27NO4. The Balaban J connectivity index is 2.07. The van der Waals surface area contributed by atoms with Gasteiger partial charge in [-0.05, 0) is 44.5 Å². The lowest BCUT2D eigenvalue weighted by molar-refractivity contribution is -0.141. The van der Waals surface area contributed by atoms with Gasteiger partial charge in [0.1, 0.15) is 17.6 Å². The molecular weight excluding hydrogens is 294 g/mol. The van der Waals surface area contributed by atoms with Gasteiger partial charge in [-0.3, -0.25) is 4.79 Å². The summed E-state index contributed by atoms with van der Waals surface area (Å²) in [5, 5.41) is 3.42. The van der Waals surface area contributed by atoms with Gasteiger partial charge in [0.2, 0.25) is 0 Å². The van der Waals surface area contributed by atoms with Crippen molar-refractivity contribution in [1.29, 1.82) is 0 Å². The normalized spacial score (nSPS) is 21.0. The molecule has 1 heterocycles. The fraction of sp³-hybridized carbons (Fsp3) is 0.611. The Kier molecular flexibility index (Phi) is 6.02. The number of hydrogen-bond donors (Lipinski definition) is 1. The van der Waals surface area contributed by atoms with Crippen molar-refractivity contribution >= 4 is 11.5 Å². The maximum Gasteiger partial charge on any atom is 0.163 e. The number of methoxy groups -OCH3 is 1. The Bertz CT molecular complexity index is 512. The Morgan fingerprint density at radius 2 is 2.09 bits per heavy atom. The van der Waals surface area contributed by atoms with Crippen molar-refractivity contribution in [2.75, 3.05) is 19.0 Å². The van der Waals surface area contributed by atoms with Crippen LogP contribution in [-0.4, -0.2) is 37.4 Å². The number of anilines is 1. The molecule has 0 radical (unpaired) electrons. The van der Waals surface area contributed by atoms with Gasteiger partial charge in [0.05, 0.1) is 19.8 Å². The van der Waals surface area contributed by atoms with Crippen LogP contribution in [-0.2, 0) is 14.3 Å². The second-order valence-corrected chi connectivity index (χ2v) is 6.34. The van der Waals surface area contributed by atoms with Crippen LogP contribution in [0, 0.1) is 0 Å². The molecule has 23 heavy (non-hydrogen) atoms. The van der Waals surface area contributed by atoms with E-state index in [9.17, 15) is 4.79 Å². The number of rotatable bonds is 8. The van der Waals surface area contributed by atoms with Crippen molar-refractivity contribution in [3.8, 4) is 5.75 Å². The highest BCUT2D eigenvalue weighted by atomic mass is 16.7. The zero-order valence-corrected chi connectivity index (χ0v) is 14.4. The highest BCUT2D eigenvalue weighted by molar-refractivity contribution is 5.79. The summed E-state index contributed by atoms with van der Waals surface area (Å²) in [6.07, 6.45) is 1.75. The highest BCUT2D eigenvalue weighted by Gasteiger charge is 2.38. The average Bonchev–Trinajstić information content (AvgIpc) is 2.88. The number of ether oxygens (including phenoxy) is 3. The maximum atomic E-state index is 12.1. The van der Waals surface area contributed by atoms with E-state index in [1.54, 1.807) is 7.11 Å². The first kappa shape index (κ1) is 17.8. The van der Waals surface area contributed by atoms with Crippen molar-refractivity contribution in [2.24, 2.45) is 0 Å². The minimum atomic E-state index is -0.599. The van der Waals surface area contributed by atoms with Gasteiger partial charge in [0.25, 0.3) is 0 Å². The van der Waals surface area contributed by atoms with Gasteiger partial charge < -0.3 is 19.5 Å². The number of benzene rings is 1. The van der Waals surface area contributed by atoms with Crippen LogP contribution in [0.4, 0.5) is 5.69 Å². The molecule has 1 fully saturated rings. The minimum absolute atomic E-state index is 0.107. The van der Waals surface area contributed by atoms with E-state index in [2.05, 4.69) is 5.32 Å². The molecule has 5 nitrogen and oxygen atoms in total. The summed E-state index contributed by atoms with van der Waals surface area (Å²) in [5.74, 6) is 0.445. The Hall–Kier alpha value is -1.59. The number of carbonyl (C=O) groups is 1. The Labute approximate surface area is 138 Å². The van der Waals surface area contributed by atoms with Gasteiger partial charge in [0, 0.05) is 18.5 Å². The molecule has 0 spiro atoms. The lowest BCUT2D eigenvalue weighted by Gasteiger charge is -2.26. The summed E-state index contributed by atoms with van der Waals surface area (Å²) in [4.78, 5) is 12.1. The van der Waals surface area contributed by atoms with E-state index < -0.39 is 5.79 Å². The van der Waals surface area contributed by atoms with Gasteiger partial charge in [-0.25, -0.2) is 0 Å². The molecule has 0 unspecified atom stereocenters. The van der Waals surface area contributed by atoms with E-state index in [-0.39, 0.29) is 17.9 Å². The average molecular weight is 321 g/mol. The second kappa shape index (κ2) is 7.79. The van der Waals surface area contributed by atoms with Gasteiger partial charge in [-0.2, -0.15) is 0 Å². The lowest BCUT2D eigenvalue weighted by atomic mass is 10.0. The van der Waals surface area contributed by atoms with Gasteiger partial charge in [-0.1, -0.05) is 6.92 Å². The van der Waals surface area contributed by atoms with Crippen LogP contribution in [0.2, 0.25) is 0 Å². The molecule has 0 aliphatic carbocycles. The number of nitrogens with one attached hydrogen (secondary N) is 1. The zero-order valence-electron chi connectivity index (χ0n) is 14.4. The molecule has 128 valence electrons. The standard InChI is InChI=1S/C18H27NO4/c1-5-6-14(20)11-16(17-12-22-18(2,3)23-17)19-13-7-9-15(21-4)10-8-13/h7-10,16-17,19H,5-6,11-12H2,1-4H3/t16-,17+/m0/s1. The van der Waals surface area contributed by atoms with Crippen LogP contribution in [0.1, 0.15) is 40.0 Å². The maximum absolute atomic E-state index is 12.1. The predicted octanol–water partition coefficient (Wildman–Crippen LogP) is 3.39. The summed E-state index contributed by atoms with van der Waals surface area (Å²) in [6, 6.07) is 7.56. The summed E-state index contributed by atoms with van der Waals surface area (Å²) in [6.45, 7) is 6.29. The molecule has 0 amide bonds. The molecule has 1 aliphatic heterocycles. The van der Waals surface area contributed by atoms with Crippen LogP contribution in [0.3, 0.4) is 0 Å². The third-order valence-electron chi connectivity index (χ3n) is 3.90. The predicted molar refractivity (Wildman–Crippen MR) is 89.8 cm³/mol. The van der Waals surface area contributed by atoms with E-state index >= 15 is 0 Å². The number of carbonyl (C=O) groups excluding carboxylic acids is 1. The molecule has 0 saturated carbocycles. The summed E-state index contributed by atoms with van der Waals surface area (Å²) < 4.78 is 16.8. The van der Waals surface area contributed by atoms with Gasteiger partial charge in [0.15, 0.2) is 5.79 Å². The second-order valence-electron chi connectivity index (χ2n) is 6.34. The summed E-state index contributed by atoms with van der Waals surface area (Å²) in [7, 11) is 1.64. The number of ketones is 1. The minimum Gasteiger partial charge on any atom is -0.497 e. The van der Waals surface area contributed by atoms with Crippen LogP contribution in [0.5, 0.6) is 5.75 Å². The first-order valence-electron chi connectivity index (χ1n) is 8.17. The fourth-order valence-corrected chi connectivity index (χ4v) is 2.72. The zero-order chi connectivity index (χ0) is 16.9. The molecule has 1 aromatic carbocycles. The van der Waals surface area contributed by atoms with Gasteiger partial charge in [-0.15, -0.1) is 0 Å². The Morgan fingerprint density at radius 3 is 2.61 bits per heavy atom. The summed E-state index contributed by atoms with van der Waals surface area (Å²) >= 11 is 0. The van der Waals surface area contributed by atoms with E-state index in [0.29, 0.717) is 19.4 Å². The molecule has 1 aliphatic rings. The first-order chi connectivity index (χ1) is 10.9. The molecule has 1 saturated heterocycles. The van der Waals surface area contributed by atoms with Crippen LogP contribution < -0.4 is 10.1 Å². The van der Waals surface area contributed by atoms with Crippen LogP contribution >= 0.6 is 0 Å². The summed E-state index contributed by atoms with van der Waals surface area (Å²) in [5.41, 5.74) is 0.938. The largest absolute Gasteiger partial charge is 0.497 e. The smallest absolute Gasteiger partial charge is 0.163 e. The van der Waals surface area contributed by atoms with Crippen molar-refractivity contribution in [1.82, 2.24) is 0 Å². The van der Waals surface area contributed by atoms with Crippen LogP contribution in [0.25, 0.3) is 0 Å². The molecule has 2 rings (SSSR count). The molecule has 0 bridgehead atoms. The van der Waals surface area contributed by atoms with E-state index in [1.165, 1.54) is 0 Å². The molecule has 5 heteroatoms. The van der Waals surface area contributed by atoms with Crippen molar-refractivity contribution in [3.05, 3.63) is 24.3 Å².